The van der Waals surface area contributed by atoms with Crippen molar-refractivity contribution in [1.29, 1.82) is 0 Å². The van der Waals surface area contributed by atoms with Crippen LogP contribution in [0.3, 0.4) is 0 Å². The Morgan fingerprint density at radius 3 is 2.68 bits per heavy atom. The van der Waals surface area contributed by atoms with E-state index in [1.807, 2.05) is 24.3 Å². The second kappa shape index (κ2) is 6.95. The number of hydrogen-bond donors (Lipinski definition) is 1. The van der Waals surface area contributed by atoms with Gasteiger partial charge in [-0.3, -0.25) is 14.9 Å². The molecule has 0 unspecified atom stereocenters. The predicted octanol–water partition coefficient (Wildman–Crippen LogP) is 3.43. The fraction of sp³-hybridized carbons (Fsp3) is 0.0667. The van der Waals surface area contributed by atoms with Gasteiger partial charge < -0.3 is 0 Å². The molecule has 0 bridgehead atoms. The summed E-state index contributed by atoms with van der Waals surface area (Å²) < 4.78 is 0.860. The van der Waals surface area contributed by atoms with E-state index in [9.17, 15) is 14.9 Å². The molecule has 112 valence electrons. The third-order valence-corrected chi connectivity index (χ3v) is 3.65. The van der Waals surface area contributed by atoms with Crippen molar-refractivity contribution in [2.24, 2.45) is 5.10 Å². The zero-order valence-corrected chi connectivity index (χ0v) is 13.2. The summed E-state index contributed by atoms with van der Waals surface area (Å²) in [6.45, 7) is 1.58. The molecule has 0 aliphatic heterocycles. The lowest BCUT2D eigenvalue weighted by molar-refractivity contribution is -0.385. The van der Waals surface area contributed by atoms with E-state index in [0.717, 1.165) is 10.0 Å². The van der Waals surface area contributed by atoms with Crippen LogP contribution >= 0.6 is 15.9 Å². The first-order valence-corrected chi connectivity index (χ1v) is 7.11. The number of nitro groups is 1. The molecule has 22 heavy (non-hydrogen) atoms. The SMILES string of the molecule is Cc1cc(C(=O)N/N=C/c2ccccc2Br)ccc1[N+](=O)[O-]. The number of nitrogens with one attached hydrogen (secondary N) is 1. The number of carbonyl (C=O) groups is 1. The van der Waals surface area contributed by atoms with Gasteiger partial charge in [0.05, 0.1) is 11.1 Å². The van der Waals surface area contributed by atoms with Gasteiger partial charge in [0.1, 0.15) is 0 Å². The van der Waals surface area contributed by atoms with Crippen LogP contribution in [0.15, 0.2) is 52.0 Å². The Bertz CT molecular complexity index is 759. The molecule has 6 nitrogen and oxygen atoms in total. The third kappa shape index (κ3) is 3.76. The van der Waals surface area contributed by atoms with E-state index in [-0.39, 0.29) is 5.69 Å². The van der Waals surface area contributed by atoms with Gasteiger partial charge in [0.15, 0.2) is 0 Å². The Morgan fingerprint density at radius 1 is 1.32 bits per heavy atom. The van der Waals surface area contributed by atoms with Crippen LogP contribution in [0.5, 0.6) is 0 Å². The summed E-state index contributed by atoms with van der Waals surface area (Å²) in [5.74, 6) is -0.429. The first-order chi connectivity index (χ1) is 10.5. The zero-order valence-electron chi connectivity index (χ0n) is 11.6. The molecule has 0 saturated heterocycles. The Labute approximate surface area is 135 Å². The first kappa shape index (κ1) is 15.8. The lowest BCUT2D eigenvalue weighted by Crippen LogP contribution is -2.17. The van der Waals surface area contributed by atoms with Gasteiger partial charge in [-0.2, -0.15) is 5.10 Å². The van der Waals surface area contributed by atoms with Gasteiger partial charge >= 0.3 is 0 Å². The van der Waals surface area contributed by atoms with Crippen molar-refractivity contribution in [3.63, 3.8) is 0 Å². The van der Waals surface area contributed by atoms with Crippen LogP contribution in [-0.4, -0.2) is 17.0 Å². The number of nitrogens with zero attached hydrogens (tertiary/aromatic N) is 2. The van der Waals surface area contributed by atoms with Crippen LogP contribution in [-0.2, 0) is 0 Å². The number of halogens is 1. The molecule has 1 amide bonds. The van der Waals surface area contributed by atoms with E-state index in [4.69, 9.17) is 0 Å². The van der Waals surface area contributed by atoms with Crippen molar-refractivity contribution in [3.8, 4) is 0 Å². The third-order valence-electron chi connectivity index (χ3n) is 2.93. The Hall–Kier alpha value is -2.54. The highest BCUT2D eigenvalue weighted by Gasteiger charge is 2.13. The van der Waals surface area contributed by atoms with Crippen molar-refractivity contribution >= 4 is 33.7 Å². The summed E-state index contributed by atoms with van der Waals surface area (Å²) >= 11 is 3.37. The van der Waals surface area contributed by atoms with Gasteiger partial charge in [0, 0.05) is 27.2 Å². The molecule has 0 spiro atoms. The van der Waals surface area contributed by atoms with Crippen LogP contribution in [0.25, 0.3) is 0 Å². The maximum Gasteiger partial charge on any atom is 0.272 e. The molecule has 0 saturated carbocycles. The summed E-state index contributed by atoms with van der Waals surface area (Å²) in [6, 6.07) is 11.6. The van der Waals surface area contributed by atoms with Crippen molar-refractivity contribution in [3.05, 3.63) is 73.7 Å². The average molecular weight is 362 g/mol. The van der Waals surface area contributed by atoms with Crippen LogP contribution in [0.2, 0.25) is 0 Å². The summed E-state index contributed by atoms with van der Waals surface area (Å²) in [4.78, 5) is 22.2. The minimum Gasteiger partial charge on any atom is -0.267 e. The number of nitro benzene ring substituents is 1. The van der Waals surface area contributed by atoms with Crippen LogP contribution in [0, 0.1) is 17.0 Å². The van der Waals surface area contributed by atoms with E-state index in [1.165, 1.54) is 24.4 Å². The summed E-state index contributed by atoms with van der Waals surface area (Å²) in [6.07, 6.45) is 1.51. The molecule has 1 N–H and O–H groups in total. The number of hydrazone groups is 1. The topological polar surface area (TPSA) is 84.6 Å². The molecule has 7 heteroatoms. The normalized spacial score (nSPS) is 10.6. The number of rotatable bonds is 4. The Balaban J connectivity index is 2.08. The van der Waals surface area contributed by atoms with Gasteiger partial charge in [-0.1, -0.05) is 34.1 Å². The molecule has 0 heterocycles. The highest BCUT2D eigenvalue weighted by atomic mass is 79.9. The molecular weight excluding hydrogens is 350 g/mol. The van der Waals surface area contributed by atoms with Crippen molar-refractivity contribution < 1.29 is 9.72 Å². The maximum atomic E-state index is 11.9. The first-order valence-electron chi connectivity index (χ1n) is 6.32. The molecule has 0 radical (unpaired) electrons. The van der Waals surface area contributed by atoms with Gasteiger partial charge in [-0.25, -0.2) is 5.43 Å². The van der Waals surface area contributed by atoms with E-state index in [1.54, 1.807) is 6.92 Å². The smallest absolute Gasteiger partial charge is 0.267 e. The van der Waals surface area contributed by atoms with Crippen molar-refractivity contribution in [1.82, 2.24) is 5.43 Å². The predicted molar refractivity (Wildman–Crippen MR) is 87.0 cm³/mol. The molecule has 0 fully saturated rings. The molecule has 2 aromatic rings. The molecular formula is C15H12BrN3O3. The maximum absolute atomic E-state index is 11.9. The lowest BCUT2D eigenvalue weighted by atomic mass is 10.1. The highest BCUT2D eigenvalue weighted by molar-refractivity contribution is 9.10. The molecule has 0 atom stereocenters. The van der Waals surface area contributed by atoms with E-state index in [0.29, 0.717) is 11.1 Å². The van der Waals surface area contributed by atoms with Crippen LogP contribution in [0.4, 0.5) is 5.69 Å². The van der Waals surface area contributed by atoms with Gasteiger partial charge in [0.2, 0.25) is 0 Å². The van der Waals surface area contributed by atoms with Gasteiger partial charge in [-0.05, 0) is 25.1 Å². The molecule has 2 aromatic carbocycles. The van der Waals surface area contributed by atoms with E-state index >= 15 is 0 Å². The second-order valence-electron chi connectivity index (χ2n) is 4.48. The quantitative estimate of drug-likeness (QED) is 0.514. The van der Waals surface area contributed by atoms with E-state index in [2.05, 4.69) is 26.5 Å². The van der Waals surface area contributed by atoms with Crippen LogP contribution < -0.4 is 5.43 Å². The molecule has 2 rings (SSSR count). The van der Waals surface area contributed by atoms with Gasteiger partial charge in [-0.15, -0.1) is 0 Å². The lowest BCUT2D eigenvalue weighted by Gasteiger charge is -2.02. The van der Waals surface area contributed by atoms with Crippen LogP contribution in [0.1, 0.15) is 21.5 Å². The summed E-state index contributed by atoms with van der Waals surface area (Å²) in [5.41, 5.74) is 3.93. The average Bonchev–Trinajstić information content (AvgIpc) is 2.48. The minimum absolute atomic E-state index is 0.0201. The minimum atomic E-state index is -0.484. The monoisotopic (exact) mass is 361 g/mol. The number of amides is 1. The number of benzene rings is 2. The standard InChI is InChI=1S/C15H12BrN3O3/c1-10-8-11(6-7-14(10)19(21)22)15(20)18-17-9-12-4-2-3-5-13(12)16/h2-9H,1H3,(H,18,20)/b17-9+. The second-order valence-corrected chi connectivity index (χ2v) is 5.33. The fourth-order valence-corrected chi connectivity index (χ4v) is 2.19. The summed E-state index contributed by atoms with van der Waals surface area (Å²) in [5, 5.41) is 14.6. The molecule has 0 aromatic heterocycles. The number of carbonyl (C=O) groups excluding carboxylic acids is 1. The van der Waals surface area contributed by atoms with Gasteiger partial charge in [0.25, 0.3) is 11.6 Å². The number of hydrogen-bond acceptors (Lipinski definition) is 4. The highest BCUT2D eigenvalue weighted by Crippen LogP contribution is 2.18. The fourth-order valence-electron chi connectivity index (χ4n) is 1.81. The Kier molecular flexibility index (Phi) is 5.00. The van der Waals surface area contributed by atoms with Crippen molar-refractivity contribution in [2.75, 3.05) is 0 Å². The summed E-state index contributed by atoms with van der Waals surface area (Å²) in [7, 11) is 0. The molecule has 0 aliphatic carbocycles. The largest absolute Gasteiger partial charge is 0.272 e. The molecule has 0 aliphatic rings. The van der Waals surface area contributed by atoms with Crippen molar-refractivity contribution in [2.45, 2.75) is 6.92 Å². The Morgan fingerprint density at radius 2 is 2.05 bits per heavy atom. The number of aryl methyl sites for hydroxylation is 1. The van der Waals surface area contributed by atoms with E-state index < -0.39 is 10.8 Å². The zero-order chi connectivity index (χ0) is 16.1.